The molecule has 0 fully saturated rings. The van der Waals surface area contributed by atoms with Gasteiger partial charge in [0.1, 0.15) is 11.5 Å². The van der Waals surface area contributed by atoms with E-state index in [-0.39, 0.29) is 0 Å². The van der Waals surface area contributed by atoms with E-state index < -0.39 is 0 Å². The molecule has 0 amide bonds. The van der Waals surface area contributed by atoms with Gasteiger partial charge in [-0.25, -0.2) is 4.98 Å². The second-order valence-corrected chi connectivity index (χ2v) is 5.32. The van der Waals surface area contributed by atoms with Crippen molar-refractivity contribution in [3.8, 4) is 11.1 Å². The standard InChI is InChI=1S/C15H13Cl2N3/c1-9-14(18-2)20-8-4-5-10(15(20)19-9)13-11(16)6-3-7-12(13)17/h3-8,18H,1-2H3. The lowest BCUT2D eigenvalue weighted by atomic mass is 10.1. The van der Waals surface area contributed by atoms with Crippen LogP contribution in [0.15, 0.2) is 36.5 Å². The van der Waals surface area contributed by atoms with Gasteiger partial charge >= 0.3 is 0 Å². The quantitative estimate of drug-likeness (QED) is 0.746. The number of nitrogens with one attached hydrogen (secondary N) is 1. The maximum absolute atomic E-state index is 6.31. The Bertz CT molecular complexity index is 773. The van der Waals surface area contributed by atoms with Crippen LogP contribution in [0, 0.1) is 6.92 Å². The Morgan fingerprint density at radius 2 is 1.80 bits per heavy atom. The number of aryl methyl sites for hydroxylation is 1. The first-order chi connectivity index (χ1) is 9.63. The van der Waals surface area contributed by atoms with E-state index in [0.29, 0.717) is 10.0 Å². The number of fused-ring (bicyclic) bond motifs is 1. The first-order valence-corrected chi connectivity index (χ1v) is 6.99. The maximum atomic E-state index is 6.31. The molecule has 0 spiro atoms. The lowest BCUT2D eigenvalue weighted by molar-refractivity contribution is 1.17. The zero-order valence-electron chi connectivity index (χ0n) is 11.1. The van der Waals surface area contributed by atoms with Crippen molar-refractivity contribution in [1.82, 2.24) is 9.38 Å². The monoisotopic (exact) mass is 305 g/mol. The predicted molar refractivity (Wildman–Crippen MR) is 84.9 cm³/mol. The summed E-state index contributed by atoms with van der Waals surface area (Å²) in [4.78, 5) is 4.63. The van der Waals surface area contributed by atoms with Gasteiger partial charge in [-0.15, -0.1) is 0 Å². The molecule has 0 aliphatic carbocycles. The normalized spacial score (nSPS) is 11.0. The molecule has 2 heterocycles. The summed E-state index contributed by atoms with van der Waals surface area (Å²) in [5, 5.41) is 4.41. The highest BCUT2D eigenvalue weighted by Gasteiger charge is 2.15. The van der Waals surface area contributed by atoms with Crippen molar-refractivity contribution in [3.05, 3.63) is 52.3 Å². The zero-order chi connectivity index (χ0) is 14.3. The van der Waals surface area contributed by atoms with Crippen LogP contribution in [-0.4, -0.2) is 16.4 Å². The predicted octanol–water partition coefficient (Wildman–Crippen LogP) is 4.66. The molecule has 2 aromatic heterocycles. The van der Waals surface area contributed by atoms with Crippen LogP contribution >= 0.6 is 23.2 Å². The summed E-state index contributed by atoms with van der Waals surface area (Å²) in [5.41, 5.74) is 3.51. The molecule has 1 aromatic carbocycles. The smallest absolute Gasteiger partial charge is 0.146 e. The van der Waals surface area contributed by atoms with Crippen LogP contribution in [0.2, 0.25) is 10.0 Å². The van der Waals surface area contributed by atoms with E-state index in [1.54, 1.807) is 0 Å². The van der Waals surface area contributed by atoms with Gasteiger partial charge in [0.2, 0.25) is 0 Å². The number of rotatable bonds is 2. The molecule has 1 N–H and O–H groups in total. The van der Waals surface area contributed by atoms with Crippen molar-refractivity contribution in [1.29, 1.82) is 0 Å². The lowest BCUT2D eigenvalue weighted by Crippen LogP contribution is -1.96. The average Bonchev–Trinajstić information content (AvgIpc) is 2.74. The number of aromatic nitrogens is 2. The SMILES string of the molecule is CNc1c(C)nc2c(-c3c(Cl)cccc3Cl)cccn12. The topological polar surface area (TPSA) is 29.3 Å². The van der Waals surface area contributed by atoms with Crippen molar-refractivity contribution >= 4 is 34.7 Å². The second-order valence-electron chi connectivity index (χ2n) is 4.51. The largest absolute Gasteiger partial charge is 0.373 e. The van der Waals surface area contributed by atoms with Gasteiger partial charge in [-0.2, -0.15) is 0 Å². The van der Waals surface area contributed by atoms with E-state index in [9.17, 15) is 0 Å². The zero-order valence-corrected chi connectivity index (χ0v) is 12.6. The van der Waals surface area contributed by atoms with E-state index in [1.807, 2.05) is 54.9 Å². The lowest BCUT2D eigenvalue weighted by Gasteiger charge is -2.09. The fourth-order valence-electron chi connectivity index (χ4n) is 2.43. The fraction of sp³-hybridized carbons (Fsp3) is 0.133. The van der Waals surface area contributed by atoms with Gasteiger partial charge in [0.25, 0.3) is 0 Å². The van der Waals surface area contributed by atoms with E-state index in [0.717, 1.165) is 28.3 Å². The van der Waals surface area contributed by atoms with Crippen LogP contribution in [0.3, 0.4) is 0 Å². The number of pyridine rings is 1. The van der Waals surface area contributed by atoms with Gasteiger partial charge in [0.15, 0.2) is 0 Å². The highest BCUT2D eigenvalue weighted by Crippen LogP contribution is 2.37. The molecule has 0 bridgehead atoms. The van der Waals surface area contributed by atoms with Gasteiger partial charge in [-0.05, 0) is 31.2 Å². The molecule has 0 saturated carbocycles. The van der Waals surface area contributed by atoms with Crippen molar-refractivity contribution in [2.75, 3.05) is 12.4 Å². The van der Waals surface area contributed by atoms with Crippen LogP contribution in [0.4, 0.5) is 5.82 Å². The molecule has 3 nitrogen and oxygen atoms in total. The summed E-state index contributed by atoms with van der Waals surface area (Å²) < 4.78 is 2.00. The third-order valence-corrected chi connectivity index (χ3v) is 3.92. The van der Waals surface area contributed by atoms with Crippen molar-refractivity contribution in [2.24, 2.45) is 0 Å². The number of imidazole rings is 1. The molecular formula is C15H13Cl2N3. The molecule has 20 heavy (non-hydrogen) atoms. The molecule has 0 radical (unpaired) electrons. The molecule has 102 valence electrons. The summed E-state index contributed by atoms with van der Waals surface area (Å²) in [6.45, 7) is 1.97. The first kappa shape index (κ1) is 13.3. The van der Waals surface area contributed by atoms with Crippen molar-refractivity contribution in [3.63, 3.8) is 0 Å². The van der Waals surface area contributed by atoms with Crippen molar-refractivity contribution in [2.45, 2.75) is 6.92 Å². The van der Waals surface area contributed by atoms with Crippen molar-refractivity contribution < 1.29 is 0 Å². The number of hydrogen-bond acceptors (Lipinski definition) is 2. The van der Waals surface area contributed by atoms with Gasteiger partial charge in [-0.3, -0.25) is 4.40 Å². The number of benzene rings is 1. The molecule has 5 heteroatoms. The number of anilines is 1. The summed E-state index contributed by atoms with van der Waals surface area (Å²) in [5.74, 6) is 0.963. The molecule has 0 unspecified atom stereocenters. The average molecular weight is 306 g/mol. The van der Waals surface area contributed by atoms with Crippen LogP contribution in [-0.2, 0) is 0 Å². The minimum atomic E-state index is 0.622. The first-order valence-electron chi connectivity index (χ1n) is 6.23. The van der Waals surface area contributed by atoms with E-state index in [2.05, 4.69) is 10.3 Å². The summed E-state index contributed by atoms with van der Waals surface area (Å²) in [6.07, 6.45) is 1.97. The maximum Gasteiger partial charge on any atom is 0.146 e. The Labute approximate surface area is 127 Å². The van der Waals surface area contributed by atoms with E-state index >= 15 is 0 Å². The fourth-order valence-corrected chi connectivity index (χ4v) is 3.03. The van der Waals surface area contributed by atoms with Crippen LogP contribution < -0.4 is 5.32 Å². The van der Waals surface area contributed by atoms with Crippen LogP contribution in [0.1, 0.15) is 5.69 Å². The Morgan fingerprint density at radius 1 is 1.10 bits per heavy atom. The molecule has 0 atom stereocenters. The molecule has 0 aliphatic heterocycles. The highest BCUT2D eigenvalue weighted by molar-refractivity contribution is 6.39. The Balaban J connectivity index is 2.38. The summed E-state index contributed by atoms with van der Waals surface area (Å²) in [6, 6.07) is 9.45. The van der Waals surface area contributed by atoms with Crippen LogP contribution in [0.25, 0.3) is 16.8 Å². The molecule has 0 aliphatic rings. The number of nitrogens with zero attached hydrogens (tertiary/aromatic N) is 2. The summed E-state index contributed by atoms with van der Waals surface area (Å²) in [7, 11) is 1.88. The Hall–Kier alpha value is -1.71. The van der Waals surface area contributed by atoms with Gasteiger partial charge in [0.05, 0.1) is 15.7 Å². The number of hydrogen-bond donors (Lipinski definition) is 1. The third kappa shape index (κ3) is 1.94. The van der Waals surface area contributed by atoms with Crippen LogP contribution in [0.5, 0.6) is 0 Å². The number of halogens is 2. The van der Waals surface area contributed by atoms with Gasteiger partial charge in [-0.1, -0.05) is 29.3 Å². The third-order valence-electron chi connectivity index (χ3n) is 3.29. The molecule has 3 aromatic rings. The molecule has 0 saturated heterocycles. The minimum Gasteiger partial charge on any atom is -0.373 e. The molecular weight excluding hydrogens is 293 g/mol. The molecule has 3 rings (SSSR count). The Morgan fingerprint density at radius 3 is 2.45 bits per heavy atom. The van der Waals surface area contributed by atoms with Gasteiger partial charge < -0.3 is 5.32 Å². The highest BCUT2D eigenvalue weighted by atomic mass is 35.5. The second kappa shape index (κ2) is 5.00. The minimum absolute atomic E-state index is 0.622. The Kier molecular flexibility index (Phi) is 3.32. The van der Waals surface area contributed by atoms with Gasteiger partial charge in [0, 0.05) is 24.4 Å². The van der Waals surface area contributed by atoms with E-state index in [1.165, 1.54) is 0 Å². The summed E-state index contributed by atoms with van der Waals surface area (Å²) >= 11 is 12.6. The van der Waals surface area contributed by atoms with E-state index in [4.69, 9.17) is 23.2 Å².